The average Bonchev–Trinajstić information content (AvgIpc) is 2.84. The Hall–Kier alpha value is -4.08. The maximum absolute atomic E-state index is 12.2. The Labute approximate surface area is 191 Å². The quantitative estimate of drug-likeness (QED) is 0.399. The zero-order chi connectivity index (χ0) is 24.4. The van der Waals surface area contributed by atoms with Gasteiger partial charge in [-0.3, -0.25) is 4.79 Å². The third-order valence-corrected chi connectivity index (χ3v) is 4.39. The van der Waals surface area contributed by atoms with Crippen LogP contribution in [0.25, 0.3) is 6.08 Å². The summed E-state index contributed by atoms with van der Waals surface area (Å²) in [4.78, 5) is 24.3. The van der Waals surface area contributed by atoms with Crippen molar-refractivity contribution in [3.63, 3.8) is 0 Å². The van der Waals surface area contributed by atoms with Crippen molar-refractivity contribution in [1.29, 1.82) is 0 Å². The van der Waals surface area contributed by atoms with Gasteiger partial charge in [0.05, 0.1) is 42.7 Å². The lowest BCUT2D eigenvalue weighted by atomic mass is 10.1. The average molecular weight is 461 g/mol. The van der Waals surface area contributed by atoms with Crippen LogP contribution in [0, 0.1) is 0 Å². The number of esters is 1. The van der Waals surface area contributed by atoms with E-state index in [2.05, 4.69) is 5.32 Å². The zero-order valence-electron chi connectivity index (χ0n) is 19.3. The second-order valence-corrected chi connectivity index (χ2v) is 6.36. The van der Waals surface area contributed by atoms with Crippen molar-refractivity contribution in [2.24, 2.45) is 0 Å². The number of hydrogen-bond acceptors (Lipinski definition) is 9. The molecule has 2 aromatic rings. The molecule has 0 unspecified atom stereocenters. The van der Waals surface area contributed by atoms with Crippen LogP contribution in [0.2, 0.25) is 0 Å². The monoisotopic (exact) mass is 461 g/mol. The highest BCUT2D eigenvalue weighted by molar-refractivity contribution is 5.95. The first-order valence-corrected chi connectivity index (χ1v) is 9.65. The lowest BCUT2D eigenvalue weighted by molar-refractivity contribution is -0.142. The van der Waals surface area contributed by atoms with Crippen molar-refractivity contribution in [2.75, 3.05) is 54.6 Å². The Morgan fingerprint density at radius 3 is 1.61 bits per heavy atom. The Bertz CT molecular complexity index is 967. The first-order valence-electron chi connectivity index (χ1n) is 9.65. The summed E-state index contributed by atoms with van der Waals surface area (Å²) < 4.78 is 36.5. The number of rotatable bonds is 11. The van der Waals surface area contributed by atoms with Crippen molar-refractivity contribution >= 4 is 23.6 Å². The fourth-order valence-electron chi connectivity index (χ4n) is 2.90. The van der Waals surface area contributed by atoms with Crippen molar-refractivity contribution in [3.05, 3.63) is 35.9 Å². The first kappa shape index (κ1) is 25.2. The number of carbonyl (C=O) groups is 2. The van der Waals surface area contributed by atoms with E-state index < -0.39 is 18.5 Å². The van der Waals surface area contributed by atoms with Gasteiger partial charge in [-0.15, -0.1) is 0 Å². The van der Waals surface area contributed by atoms with Crippen molar-refractivity contribution in [1.82, 2.24) is 0 Å². The fourth-order valence-corrected chi connectivity index (χ4v) is 2.90. The minimum atomic E-state index is -0.705. The van der Waals surface area contributed by atoms with Gasteiger partial charge in [-0.2, -0.15) is 0 Å². The number of nitrogens with one attached hydrogen (secondary N) is 1. The predicted octanol–water partition coefficient (Wildman–Crippen LogP) is 2.93. The van der Waals surface area contributed by atoms with Gasteiger partial charge in [0.2, 0.25) is 11.5 Å². The molecule has 0 spiro atoms. The lowest BCUT2D eigenvalue weighted by Crippen LogP contribution is -2.20. The van der Waals surface area contributed by atoms with Crippen molar-refractivity contribution < 1.29 is 42.7 Å². The summed E-state index contributed by atoms with van der Waals surface area (Å²) in [6.07, 6.45) is 2.69. The number of anilines is 1. The molecular weight excluding hydrogens is 434 g/mol. The third kappa shape index (κ3) is 6.45. The highest BCUT2D eigenvalue weighted by Crippen LogP contribution is 2.40. The maximum atomic E-state index is 12.2. The second-order valence-electron chi connectivity index (χ2n) is 6.36. The highest BCUT2D eigenvalue weighted by atomic mass is 16.5. The van der Waals surface area contributed by atoms with E-state index >= 15 is 0 Å². The second kappa shape index (κ2) is 12.1. The third-order valence-electron chi connectivity index (χ3n) is 4.39. The van der Waals surface area contributed by atoms with E-state index in [4.69, 9.17) is 33.2 Å². The molecule has 1 N–H and O–H groups in total. The molecule has 0 saturated heterocycles. The molecule has 2 rings (SSSR count). The summed E-state index contributed by atoms with van der Waals surface area (Å²) in [6, 6.07) is 6.46. The number of ether oxygens (including phenoxy) is 7. The van der Waals surface area contributed by atoms with Crippen molar-refractivity contribution in [2.45, 2.75) is 0 Å². The van der Waals surface area contributed by atoms with Crippen LogP contribution in [0.5, 0.6) is 34.5 Å². The Kier molecular flexibility index (Phi) is 9.22. The maximum Gasteiger partial charge on any atom is 0.331 e. The molecule has 0 radical (unpaired) electrons. The SMILES string of the molecule is COc1cc(/C=C/C(=O)OCC(=O)Nc2cc(OC)c(OC)c(OC)c2)cc(OC)c1OC. The van der Waals surface area contributed by atoms with E-state index in [1.54, 1.807) is 24.3 Å². The largest absolute Gasteiger partial charge is 0.493 e. The standard InChI is InChI=1S/C23H27NO9/c1-27-16-9-14(10-17(28-2)22(16)31-5)7-8-21(26)33-13-20(25)24-15-11-18(29-3)23(32-6)19(12-15)30-4/h7-12H,13H2,1-6H3,(H,24,25)/b8-7+. The summed E-state index contributed by atoms with van der Waals surface area (Å²) in [5, 5.41) is 2.61. The molecule has 10 nitrogen and oxygen atoms in total. The molecule has 0 saturated carbocycles. The van der Waals surface area contributed by atoms with Crippen LogP contribution in [-0.2, 0) is 14.3 Å². The minimum Gasteiger partial charge on any atom is -0.493 e. The number of methoxy groups -OCH3 is 6. The summed E-state index contributed by atoms with van der Waals surface area (Å²) in [5.41, 5.74) is 1.00. The molecule has 1 amide bonds. The number of hydrogen-bond donors (Lipinski definition) is 1. The molecule has 0 aliphatic heterocycles. The minimum absolute atomic E-state index is 0.373. The molecule has 0 heterocycles. The lowest BCUT2D eigenvalue weighted by Gasteiger charge is -2.14. The van der Waals surface area contributed by atoms with Crippen LogP contribution < -0.4 is 33.7 Å². The van der Waals surface area contributed by atoms with E-state index in [-0.39, 0.29) is 0 Å². The molecule has 0 atom stereocenters. The Balaban J connectivity index is 2.01. The molecule has 33 heavy (non-hydrogen) atoms. The predicted molar refractivity (Wildman–Crippen MR) is 121 cm³/mol. The van der Waals surface area contributed by atoms with E-state index in [0.717, 1.165) is 0 Å². The topological polar surface area (TPSA) is 111 Å². The first-order chi connectivity index (χ1) is 15.9. The number of carbonyl (C=O) groups excluding carboxylic acids is 2. The van der Waals surface area contributed by atoms with Crippen LogP contribution in [0.4, 0.5) is 5.69 Å². The molecule has 0 fully saturated rings. The number of amides is 1. The fraction of sp³-hybridized carbons (Fsp3) is 0.304. The van der Waals surface area contributed by atoms with Gasteiger partial charge >= 0.3 is 5.97 Å². The summed E-state index contributed by atoms with van der Waals surface area (Å²) >= 11 is 0. The van der Waals surface area contributed by atoms with Gasteiger partial charge in [0.25, 0.3) is 5.91 Å². The van der Waals surface area contributed by atoms with Gasteiger partial charge in [-0.1, -0.05) is 0 Å². The highest BCUT2D eigenvalue weighted by Gasteiger charge is 2.15. The van der Waals surface area contributed by atoms with E-state index in [9.17, 15) is 9.59 Å². The van der Waals surface area contributed by atoms with Gasteiger partial charge in [0, 0.05) is 23.9 Å². The van der Waals surface area contributed by atoms with Gasteiger partial charge in [-0.25, -0.2) is 4.79 Å². The summed E-state index contributed by atoms with van der Waals surface area (Å²) in [7, 11) is 8.88. The molecule has 178 valence electrons. The number of benzene rings is 2. The zero-order valence-corrected chi connectivity index (χ0v) is 19.3. The van der Waals surface area contributed by atoms with Crippen LogP contribution in [0.3, 0.4) is 0 Å². The Morgan fingerprint density at radius 1 is 0.727 bits per heavy atom. The van der Waals surface area contributed by atoms with Crippen LogP contribution >= 0.6 is 0 Å². The smallest absolute Gasteiger partial charge is 0.331 e. The van der Waals surface area contributed by atoms with Gasteiger partial charge in [0.15, 0.2) is 29.6 Å². The van der Waals surface area contributed by atoms with Crippen LogP contribution in [0.15, 0.2) is 30.3 Å². The van der Waals surface area contributed by atoms with Crippen molar-refractivity contribution in [3.8, 4) is 34.5 Å². The van der Waals surface area contributed by atoms with Gasteiger partial charge < -0.3 is 38.5 Å². The summed E-state index contributed by atoms with van der Waals surface area (Å²) in [5.74, 6) is 1.20. The van der Waals surface area contributed by atoms with E-state index in [1.807, 2.05) is 0 Å². The van der Waals surface area contributed by atoms with Crippen LogP contribution in [0.1, 0.15) is 5.56 Å². The summed E-state index contributed by atoms with van der Waals surface area (Å²) in [6.45, 7) is -0.491. The Morgan fingerprint density at radius 2 is 1.18 bits per heavy atom. The molecule has 0 aliphatic rings. The molecule has 0 aliphatic carbocycles. The molecule has 10 heteroatoms. The molecule has 0 bridgehead atoms. The molecule has 2 aromatic carbocycles. The van der Waals surface area contributed by atoms with E-state index in [1.165, 1.54) is 54.8 Å². The van der Waals surface area contributed by atoms with Gasteiger partial charge in [0.1, 0.15) is 0 Å². The van der Waals surface area contributed by atoms with Gasteiger partial charge in [-0.05, 0) is 23.8 Å². The van der Waals surface area contributed by atoms with Crippen LogP contribution in [-0.4, -0.2) is 61.1 Å². The molecular formula is C23H27NO9. The van der Waals surface area contributed by atoms with E-state index in [0.29, 0.717) is 45.7 Å². The molecule has 0 aromatic heterocycles. The normalized spacial score (nSPS) is 10.4.